The molecular formula is C8H18N2O. The molecule has 0 aromatic rings. The van der Waals surface area contributed by atoms with E-state index in [9.17, 15) is 0 Å². The van der Waals surface area contributed by atoms with E-state index < -0.39 is 0 Å². The maximum Gasteiger partial charge on any atom is 0.0593 e. The largest absolute Gasteiger partial charge is 0.380 e. The number of nitrogens with one attached hydrogen (secondary N) is 1. The lowest BCUT2D eigenvalue weighted by molar-refractivity contribution is 0.141. The van der Waals surface area contributed by atoms with Crippen LogP contribution in [0.15, 0.2) is 0 Å². The first-order valence-electron chi connectivity index (χ1n) is 4.38. The summed E-state index contributed by atoms with van der Waals surface area (Å²) in [5.41, 5.74) is 0. The molecule has 1 saturated heterocycles. The van der Waals surface area contributed by atoms with Gasteiger partial charge in [-0.15, -0.1) is 0 Å². The third-order valence-electron chi connectivity index (χ3n) is 1.99. The summed E-state index contributed by atoms with van der Waals surface area (Å²) in [4.78, 5) is 2.45. The topological polar surface area (TPSA) is 24.5 Å². The first-order valence-corrected chi connectivity index (χ1v) is 4.38. The van der Waals surface area contributed by atoms with Gasteiger partial charge in [0, 0.05) is 32.8 Å². The molecule has 0 aromatic heterocycles. The first-order chi connectivity index (χ1) is 5.43. The van der Waals surface area contributed by atoms with Gasteiger partial charge in [-0.3, -0.25) is 4.90 Å². The Labute approximate surface area is 68.7 Å². The van der Waals surface area contributed by atoms with Crippen molar-refractivity contribution in [3.63, 3.8) is 0 Å². The molecule has 0 unspecified atom stereocenters. The van der Waals surface area contributed by atoms with Crippen molar-refractivity contribution in [1.82, 2.24) is 10.2 Å². The van der Waals surface area contributed by atoms with Crippen LogP contribution in [0.4, 0.5) is 0 Å². The molecule has 1 aliphatic rings. The van der Waals surface area contributed by atoms with Crippen LogP contribution in [0.2, 0.25) is 0 Å². The average molecular weight is 158 g/mol. The van der Waals surface area contributed by atoms with Crippen LogP contribution >= 0.6 is 0 Å². The molecule has 1 fully saturated rings. The van der Waals surface area contributed by atoms with E-state index in [1.165, 1.54) is 13.0 Å². The lowest BCUT2D eigenvalue weighted by Gasteiger charge is -2.18. The fourth-order valence-electron chi connectivity index (χ4n) is 1.29. The van der Waals surface area contributed by atoms with E-state index in [0.717, 1.165) is 32.8 Å². The maximum absolute atomic E-state index is 5.34. The van der Waals surface area contributed by atoms with Gasteiger partial charge in [-0.2, -0.15) is 0 Å². The molecule has 1 rings (SSSR count). The average Bonchev–Trinajstić information content (AvgIpc) is 2.28. The molecule has 0 amide bonds. The SMILES string of the molecule is CNCCN1CCCOCC1. The fourth-order valence-corrected chi connectivity index (χ4v) is 1.29. The summed E-state index contributed by atoms with van der Waals surface area (Å²) >= 11 is 0. The molecule has 0 aromatic carbocycles. The third-order valence-corrected chi connectivity index (χ3v) is 1.99. The van der Waals surface area contributed by atoms with Crippen LogP contribution in [0.5, 0.6) is 0 Å². The van der Waals surface area contributed by atoms with Crippen LogP contribution in [0, 0.1) is 0 Å². The quantitative estimate of drug-likeness (QED) is 0.622. The molecule has 0 radical (unpaired) electrons. The zero-order valence-electron chi connectivity index (χ0n) is 7.31. The van der Waals surface area contributed by atoms with Crippen LogP contribution in [-0.2, 0) is 4.74 Å². The molecule has 0 bridgehead atoms. The smallest absolute Gasteiger partial charge is 0.0593 e. The van der Waals surface area contributed by atoms with Gasteiger partial charge in [0.25, 0.3) is 0 Å². The summed E-state index contributed by atoms with van der Waals surface area (Å²) in [6.45, 7) is 6.38. The molecule has 66 valence electrons. The molecule has 1 heterocycles. The van der Waals surface area contributed by atoms with E-state index >= 15 is 0 Å². The van der Waals surface area contributed by atoms with Crippen molar-refractivity contribution in [3.05, 3.63) is 0 Å². The zero-order chi connectivity index (χ0) is 7.94. The van der Waals surface area contributed by atoms with Gasteiger partial charge in [0.1, 0.15) is 0 Å². The van der Waals surface area contributed by atoms with E-state index in [1.807, 2.05) is 7.05 Å². The molecule has 0 saturated carbocycles. The van der Waals surface area contributed by atoms with E-state index in [2.05, 4.69) is 10.2 Å². The van der Waals surface area contributed by atoms with Crippen molar-refractivity contribution >= 4 is 0 Å². The van der Waals surface area contributed by atoms with Crippen LogP contribution in [-0.4, -0.2) is 51.3 Å². The number of hydrogen-bond donors (Lipinski definition) is 1. The summed E-state index contributed by atoms with van der Waals surface area (Å²) in [7, 11) is 1.99. The minimum atomic E-state index is 0.906. The molecular weight excluding hydrogens is 140 g/mol. The van der Waals surface area contributed by atoms with Crippen molar-refractivity contribution in [2.45, 2.75) is 6.42 Å². The van der Waals surface area contributed by atoms with E-state index in [0.29, 0.717) is 0 Å². The normalized spacial score (nSPS) is 21.5. The van der Waals surface area contributed by atoms with Gasteiger partial charge in [0.05, 0.1) is 6.61 Å². The van der Waals surface area contributed by atoms with Crippen molar-refractivity contribution in [3.8, 4) is 0 Å². The highest BCUT2D eigenvalue weighted by molar-refractivity contribution is 4.61. The van der Waals surface area contributed by atoms with Gasteiger partial charge in [-0.05, 0) is 13.5 Å². The summed E-state index contributed by atoms with van der Waals surface area (Å²) < 4.78 is 5.34. The summed E-state index contributed by atoms with van der Waals surface area (Å²) in [6.07, 6.45) is 1.18. The van der Waals surface area contributed by atoms with Crippen molar-refractivity contribution in [2.75, 3.05) is 46.4 Å². The second-order valence-corrected chi connectivity index (χ2v) is 2.91. The van der Waals surface area contributed by atoms with Gasteiger partial charge >= 0.3 is 0 Å². The Balaban J connectivity index is 2.09. The van der Waals surface area contributed by atoms with Gasteiger partial charge in [0.15, 0.2) is 0 Å². The zero-order valence-corrected chi connectivity index (χ0v) is 7.31. The lowest BCUT2D eigenvalue weighted by Crippen LogP contribution is -2.32. The number of likely N-dealkylation sites (N-methyl/N-ethyl adjacent to an activating group) is 1. The van der Waals surface area contributed by atoms with Crippen LogP contribution in [0.3, 0.4) is 0 Å². The highest BCUT2D eigenvalue weighted by atomic mass is 16.5. The number of nitrogens with zero attached hydrogens (tertiary/aromatic N) is 1. The predicted octanol–water partition coefficient (Wildman–Crippen LogP) is -0.0719. The minimum Gasteiger partial charge on any atom is -0.380 e. The summed E-state index contributed by atoms with van der Waals surface area (Å²) in [6, 6.07) is 0. The van der Waals surface area contributed by atoms with E-state index in [4.69, 9.17) is 4.74 Å². The number of hydrogen-bond acceptors (Lipinski definition) is 3. The second kappa shape index (κ2) is 5.52. The van der Waals surface area contributed by atoms with Gasteiger partial charge in [-0.1, -0.05) is 0 Å². The number of rotatable bonds is 3. The standard InChI is InChI=1S/C8H18N2O/c1-9-3-5-10-4-2-7-11-8-6-10/h9H,2-8H2,1H3. The Bertz CT molecular complexity index is 90.1. The van der Waals surface area contributed by atoms with Crippen LogP contribution in [0.25, 0.3) is 0 Å². The summed E-state index contributed by atoms with van der Waals surface area (Å²) in [5.74, 6) is 0. The maximum atomic E-state index is 5.34. The molecule has 11 heavy (non-hydrogen) atoms. The van der Waals surface area contributed by atoms with Crippen molar-refractivity contribution < 1.29 is 4.74 Å². The van der Waals surface area contributed by atoms with Crippen molar-refractivity contribution in [1.29, 1.82) is 0 Å². The molecule has 1 aliphatic heterocycles. The summed E-state index contributed by atoms with van der Waals surface area (Å²) in [5, 5.41) is 3.15. The highest BCUT2D eigenvalue weighted by Crippen LogP contribution is 1.97. The van der Waals surface area contributed by atoms with Crippen LogP contribution in [0.1, 0.15) is 6.42 Å². The van der Waals surface area contributed by atoms with Gasteiger partial charge in [-0.25, -0.2) is 0 Å². The lowest BCUT2D eigenvalue weighted by atomic mass is 10.4. The Morgan fingerprint density at radius 1 is 1.36 bits per heavy atom. The molecule has 0 spiro atoms. The van der Waals surface area contributed by atoms with Crippen molar-refractivity contribution in [2.24, 2.45) is 0 Å². The Morgan fingerprint density at radius 2 is 2.27 bits per heavy atom. The van der Waals surface area contributed by atoms with Gasteiger partial charge < -0.3 is 10.1 Å². The Kier molecular flexibility index (Phi) is 4.50. The van der Waals surface area contributed by atoms with E-state index in [-0.39, 0.29) is 0 Å². The Hall–Kier alpha value is -0.120. The number of ether oxygens (including phenoxy) is 1. The molecule has 1 N–H and O–H groups in total. The first kappa shape index (κ1) is 8.97. The molecule has 0 aliphatic carbocycles. The third kappa shape index (κ3) is 3.70. The fraction of sp³-hybridized carbons (Fsp3) is 1.00. The minimum absolute atomic E-state index is 0.906. The highest BCUT2D eigenvalue weighted by Gasteiger charge is 2.06. The monoisotopic (exact) mass is 158 g/mol. The van der Waals surface area contributed by atoms with Gasteiger partial charge in [0.2, 0.25) is 0 Å². The Morgan fingerprint density at radius 3 is 3.09 bits per heavy atom. The molecule has 3 heteroatoms. The van der Waals surface area contributed by atoms with E-state index in [1.54, 1.807) is 0 Å². The molecule has 0 atom stereocenters. The predicted molar refractivity (Wildman–Crippen MR) is 45.8 cm³/mol. The van der Waals surface area contributed by atoms with Crippen LogP contribution < -0.4 is 5.32 Å². The molecule has 3 nitrogen and oxygen atoms in total. The second-order valence-electron chi connectivity index (χ2n) is 2.91.